The van der Waals surface area contributed by atoms with Crippen molar-refractivity contribution in [3.05, 3.63) is 70.8 Å². The summed E-state index contributed by atoms with van der Waals surface area (Å²) < 4.78 is 24.8. The molecule has 0 saturated heterocycles. The van der Waals surface area contributed by atoms with Crippen LogP contribution in [0.15, 0.2) is 53.7 Å². The number of hydrogen-bond donors (Lipinski definition) is 0. The minimum absolute atomic E-state index is 0.0180. The van der Waals surface area contributed by atoms with E-state index in [1.54, 1.807) is 36.4 Å². The van der Waals surface area contributed by atoms with E-state index < -0.39 is 6.43 Å². The molecule has 0 fully saturated rings. The predicted octanol–water partition coefficient (Wildman–Crippen LogP) is 4.05. The first-order valence-corrected chi connectivity index (χ1v) is 6.21. The van der Waals surface area contributed by atoms with Gasteiger partial charge >= 0.3 is 0 Å². The van der Waals surface area contributed by atoms with Gasteiger partial charge < -0.3 is 4.84 Å². The Balaban J connectivity index is 1.88. The topological polar surface area (TPSA) is 45.4 Å². The van der Waals surface area contributed by atoms with Crippen molar-refractivity contribution in [3.63, 3.8) is 0 Å². The molecular weight excluding hydrogens is 274 g/mol. The fourth-order valence-electron chi connectivity index (χ4n) is 1.66. The molecule has 0 aromatic heterocycles. The van der Waals surface area contributed by atoms with Crippen LogP contribution in [0.5, 0.6) is 0 Å². The molecule has 5 heteroatoms. The Morgan fingerprint density at radius 1 is 1.19 bits per heavy atom. The van der Waals surface area contributed by atoms with E-state index in [1.807, 2.05) is 6.07 Å². The Labute approximate surface area is 121 Å². The molecule has 0 saturated carbocycles. The summed E-state index contributed by atoms with van der Waals surface area (Å²) in [6.45, 7) is 0.192. The molecule has 0 heterocycles. The van der Waals surface area contributed by atoms with Gasteiger partial charge in [0.15, 0.2) is 0 Å². The van der Waals surface area contributed by atoms with E-state index >= 15 is 0 Å². The quantitative estimate of drug-likeness (QED) is 0.615. The third-order valence-electron chi connectivity index (χ3n) is 2.75. The van der Waals surface area contributed by atoms with E-state index in [1.165, 1.54) is 18.3 Å². The highest BCUT2D eigenvalue weighted by atomic mass is 19.3. The van der Waals surface area contributed by atoms with Crippen LogP contribution in [0.3, 0.4) is 0 Å². The fraction of sp³-hybridized carbons (Fsp3) is 0.125. The maximum absolute atomic E-state index is 12.4. The molecule has 0 atom stereocenters. The van der Waals surface area contributed by atoms with Gasteiger partial charge in [-0.25, -0.2) is 8.78 Å². The van der Waals surface area contributed by atoms with Gasteiger partial charge in [-0.1, -0.05) is 41.6 Å². The normalized spacial score (nSPS) is 10.8. The van der Waals surface area contributed by atoms with Gasteiger partial charge in [-0.05, 0) is 23.3 Å². The lowest BCUT2D eigenvalue weighted by molar-refractivity contribution is 0.131. The van der Waals surface area contributed by atoms with Crippen LogP contribution in [-0.4, -0.2) is 6.21 Å². The molecule has 0 aliphatic rings. The second kappa shape index (κ2) is 7.15. The number of benzene rings is 2. The van der Waals surface area contributed by atoms with Crippen LogP contribution in [0.1, 0.15) is 28.7 Å². The van der Waals surface area contributed by atoms with Crippen molar-refractivity contribution in [2.24, 2.45) is 5.16 Å². The van der Waals surface area contributed by atoms with Crippen molar-refractivity contribution in [1.29, 1.82) is 5.26 Å². The molecule has 0 bridgehead atoms. The molecule has 0 unspecified atom stereocenters. The van der Waals surface area contributed by atoms with E-state index in [9.17, 15) is 8.78 Å². The number of nitriles is 1. The van der Waals surface area contributed by atoms with Gasteiger partial charge in [0.2, 0.25) is 0 Å². The largest absolute Gasteiger partial charge is 0.391 e. The zero-order chi connectivity index (χ0) is 15.1. The zero-order valence-corrected chi connectivity index (χ0v) is 11.0. The Kier molecular flexibility index (Phi) is 4.99. The van der Waals surface area contributed by atoms with E-state index in [0.717, 1.165) is 11.1 Å². The summed E-state index contributed by atoms with van der Waals surface area (Å²) in [4.78, 5) is 5.10. The molecule has 2 aromatic carbocycles. The molecule has 21 heavy (non-hydrogen) atoms. The summed E-state index contributed by atoms with van der Waals surface area (Å²) in [6, 6.07) is 14.8. The zero-order valence-electron chi connectivity index (χ0n) is 11.0. The Morgan fingerprint density at radius 3 is 2.62 bits per heavy atom. The van der Waals surface area contributed by atoms with Crippen molar-refractivity contribution in [2.75, 3.05) is 0 Å². The Bertz CT molecular complexity index is 661. The summed E-state index contributed by atoms with van der Waals surface area (Å²) in [5, 5.41) is 12.6. The smallest absolute Gasteiger partial charge is 0.263 e. The molecule has 0 aliphatic carbocycles. The lowest BCUT2D eigenvalue weighted by atomic mass is 10.1. The van der Waals surface area contributed by atoms with Crippen LogP contribution in [0, 0.1) is 11.3 Å². The van der Waals surface area contributed by atoms with Gasteiger partial charge in [-0.3, -0.25) is 0 Å². The van der Waals surface area contributed by atoms with Crippen molar-refractivity contribution >= 4 is 6.21 Å². The van der Waals surface area contributed by atoms with Crippen molar-refractivity contribution in [3.8, 4) is 6.07 Å². The Morgan fingerprint density at radius 2 is 1.95 bits per heavy atom. The van der Waals surface area contributed by atoms with Crippen LogP contribution in [0.25, 0.3) is 0 Å². The van der Waals surface area contributed by atoms with Crippen LogP contribution in [0.4, 0.5) is 8.78 Å². The summed E-state index contributed by atoms with van der Waals surface area (Å²) in [6.07, 6.45) is -0.973. The monoisotopic (exact) mass is 286 g/mol. The van der Waals surface area contributed by atoms with E-state index in [-0.39, 0.29) is 12.2 Å². The highest BCUT2D eigenvalue weighted by Crippen LogP contribution is 2.18. The summed E-state index contributed by atoms with van der Waals surface area (Å²) >= 11 is 0. The van der Waals surface area contributed by atoms with Crippen molar-refractivity contribution in [1.82, 2.24) is 0 Å². The molecule has 2 aromatic rings. The van der Waals surface area contributed by atoms with Crippen molar-refractivity contribution < 1.29 is 13.6 Å². The van der Waals surface area contributed by atoms with Gasteiger partial charge in [-0.15, -0.1) is 0 Å². The van der Waals surface area contributed by atoms with E-state index in [2.05, 4.69) is 5.16 Å². The average Bonchev–Trinajstić information content (AvgIpc) is 2.52. The average molecular weight is 286 g/mol. The SMILES string of the molecule is N#Cc1cccc(C=NOCc2ccc(C(F)F)cc2)c1. The minimum atomic E-state index is -2.47. The third kappa shape index (κ3) is 4.39. The predicted molar refractivity (Wildman–Crippen MR) is 74.9 cm³/mol. The van der Waals surface area contributed by atoms with Gasteiger partial charge in [0.1, 0.15) is 6.61 Å². The number of oxime groups is 1. The summed E-state index contributed by atoms with van der Waals surface area (Å²) in [5.41, 5.74) is 2.03. The maximum Gasteiger partial charge on any atom is 0.263 e. The van der Waals surface area contributed by atoms with Crippen molar-refractivity contribution in [2.45, 2.75) is 13.0 Å². The number of nitrogens with zero attached hydrogens (tertiary/aromatic N) is 2. The first kappa shape index (κ1) is 14.7. The van der Waals surface area contributed by atoms with Gasteiger partial charge in [0.05, 0.1) is 17.8 Å². The van der Waals surface area contributed by atoms with Crippen LogP contribution in [0.2, 0.25) is 0 Å². The maximum atomic E-state index is 12.4. The highest BCUT2D eigenvalue weighted by molar-refractivity contribution is 5.79. The highest BCUT2D eigenvalue weighted by Gasteiger charge is 2.05. The van der Waals surface area contributed by atoms with E-state index in [4.69, 9.17) is 10.1 Å². The van der Waals surface area contributed by atoms with E-state index in [0.29, 0.717) is 5.56 Å². The van der Waals surface area contributed by atoms with Gasteiger partial charge in [0.25, 0.3) is 6.43 Å². The molecule has 0 N–H and O–H groups in total. The molecule has 0 radical (unpaired) electrons. The van der Waals surface area contributed by atoms with Gasteiger partial charge in [-0.2, -0.15) is 5.26 Å². The molecule has 0 spiro atoms. The molecule has 106 valence electrons. The number of halogens is 2. The van der Waals surface area contributed by atoms with Crippen LogP contribution < -0.4 is 0 Å². The second-order valence-electron chi connectivity index (χ2n) is 4.29. The second-order valence-corrected chi connectivity index (χ2v) is 4.29. The minimum Gasteiger partial charge on any atom is -0.391 e. The molecule has 0 amide bonds. The lowest BCUT2D eigenvalue weighted by Crippen LogP contribution is -1.90. The molecule has 0 aliphatic heterocycles. The van der Waals surface area contributed by atoms with Crippen LogP contribution in [-0.2, 0) is 11.4 Å². The molecule has 2 rings (SSSR count). The standard InChI is InChI=1S/C16H12F2N2O/c17-16(18)15-6-4-12(5-7-15)11-21-20-10-14-3-1-2-13(8-14)9-19/h1-8,10,16H,11H2. The summed E-state index contributed by atoms with van der Waals surface area (Å²) in [5.74, 6) is 0. The number of rotatable bonds is 5. The molecule has 3 nitrogen and oxygen atoms in total. The Hall–Kier alpha value is -2.74. The number of hydrogen-bond acceptors (Lipinski definition) is 3. The number of alkyl halides is 2. The van der Waals surface area contributed by atoms with Gasteiger partial charge in [0, 0.05) is 5.56 Å². The first-order valence-electron chi connectivity index (χ1n) is 6.21. The third-order valence-corrected chi connectivity index (χ3v) is 2.75. The molecular formula is C16H12F2N2O. The fourth-order valence-corrected chi connectivity index (χ4v) is 1.66. The van der Waals surface area contributed by atoms with Crippen LogP contribution >= 0.6 is 0 Å². The lowest BCUT2D eigenvalue weighted by Gasteiger charge is -2.02. The first-order chi connectivity index (χ1) is 10.2. The summed E-state index contributed by atoms with van der Waals surface area (Å²) in [7, 11) is 0.